The number of aromatic nitrogens is 3. The van der Waals surface area contributed by atoms with Gasteiger partial charge in [0.2, 0.25) is 10.0 Å². The Kier molecular flexibility index (Phi) is 5.57. The van der Waals surface area contributed by atoms with Crippen LogP contribution in [0, 0.1) is 0 Å². The van der Waals surface area contributed by atoms with Gasteiger partial charge in [-0.25, -0.2) is 22.8 Å². The van der Waals surface area contributed by atoms with Crippen molar-refractivity contribution in [3.63, 3.8) is 0 Å². The molecule has 2 N–H and O–H groups in total. The van der Waals surface area contributed by atoms with Crippen LogP contribution in [0.1, 0.15) is 68.5 Å². The van der Waals surface area contributed by atoms with Crippen molar-refractivity contribution in [2.45, 2.75) is 63.4 Å². The molecular weight excluding hydrogens is 414 g/mol. The first-order chi connectivity index (χ1) is 14.7. The summed E-state index contributed by atoms with van der Waals surface area (Å²) in [4.78, 5) is 18.0. The fourth-order valence-electron chi connectivity index (χ4n) is 3.33. The van der Waals surface area contributed by atoms with Gasteiger partial charge in [-0.1, -0.05) is 19.9 Å². The summed E-state index contributed by atoms with van der Waals surface area (Å²) < 4.78 is 29.5. The maximum absolute atomic E-state index is 13.2. The standard InChI is InChI=1S/C22H27N5O3S/c1-13(2)20-11-18(19-12-23-27(14(3)4)21(19)25-20)22(28)24-16-6-5-7-17(10-16)31(29,30)26-15-8-9-15/h5-7,10-15,26H,8-9H2,1-4H3,(H,24,28). The Labute approximate surface area is 182 Å². The van der Waals surface area contributed by atoms with E-state index >= 15 is 0 Å². The molecule has 1 amide bonds. The van der Waals surface area contributed by atoms with Crippen molar-refractivity contribution in [2.24, 2.45) is 0 Å². The van der Waals surface area contributed by atoms with E-state index in [4.69, 9.17) is 4.98 Å². The first kappa shape index (κ1) is 21.5. The van der Waals surface area contributed by atoms with Crippen molar-refractivity contribution in [3.05, 3.63) is 47.8 Å². The summed E-state index contributed by atoms with van der Waals surface area (Å²) in [5, 5.41) is 7.91. The van der Waals surface area contributed by atoms with Crippen LogP contribution in [0.25, 0.3) is 11.0 Å². The second kappa shape index (κ2) is 8.05. The van der Waals surface area contributed by atoms with Gasteiger partial charge in [0.15, 0.2) is 5.65 Å². The Hall–Kier alpha value is -2.78. The van der Waals surface area contributed by atoms with Gasteiger partial charge >= 0.3 is 0 Å². The minimum absolute atomic E-state index is 0.0142. The molecule has 0 radical (unpaired) electrons. The van der Waals surface area contributed by atoms with Crippen LogP contribution >= 0.6 is 0 Å². The Morgan fingerprint density at radius 2 is 1.90 bits per heavy atom. The molecule has 0 spiro atoms. The van der Waals surface area contributed by atoms with Crippen LogP contribution in [-0.2, 0) is 10.0 Å². The van der Waals surface area contributed by atoms with Crippen molar-refractivity contribution in [1.82, 2.24) is 19.5 Å². The van der Waals surface area contributed by atoms with E-state index in [2.05, 4.69) is 15.1 Å². The molecule has 9 heteroatoms. The number of nitrogens with one attached hydrogen (secondary N) is 2. The maximum atomic E-state index is 13.2. The molecule has 3 aromatic rings. The number of carbonyl (C=O) groups is 1. The van der Waals surface area contributed by atoms with E-state index in [0.29, 0.717) is 22.3 Å². The van der Waals surface area contributed by atoms with E-state index in [9.17, 15) is 13.2 Å². The molecule has 2 aromatic heterocycles. The van der Waals surface area contributed by atoms with Crippen LogP contribution in [-0.4, -0.2) is 35.1 Å². The highest BCUT2D eigenvalue weighted by atomic mass is 32.2. The minimum atomic E-state index is -3.60. The number of benzene rings is 1. The first-order valence-electron chi connectivity index (χ1n) is 10.5. The van der Waals surface area contributed by atoms with Gasteiger partial charge in [-0.3, -0.25) is 4.79 Å². The lowest BCUT2D eigenvalue weighted by molar-refractivity contribution is 0.102. The van der Waals surface area contributed by atoms with Crippen LogP contribution in [0.15, 0.2) is 41.4 Å². The molecule has 2 heterocycles. The zero-order chi connectivity index (χ0) is 22.3. The summed E-state index contributed by atoms with van der Waals surface area (Å²) in [6, 6.07) is 8.19. The number of fused-ring (bicyclic) bond motifs is 1. The second-order valence-corrected chi connectivity index (χ2v) is 10.3. The summed E-state index contributed by atoms with van der Waals surface area (Å²) in [6.45, 7) is 8.06. The van der Waals surface area contributed by atoms with E-state index in [-0.39, 0.29) is 28.8 Å². The molecule has 8 nitrogen and oxygen atoms in total. The predicted molar refractivity (Wildman–Crippen MR) is 120 cm³/mol. The van der Waals surface area contributed by atoms with Gasteiger partial charge in [0, 0.05) is 23.5 Å². The number of anilines is 1. The van der Waals surface area contributed by atoms with Gasteiger partial charge in [0.25, 0.3) is 5.91 Å². The third kappa shape index (κ3) is 4.47. The molecular formula is C22H27N5O3S. The monoisotopic (exact) mass is 441 g/mol. The van der Waals surface area contributed by atoms with Crippen LogP contribution < -0.4 is 10.0 Å². The third-order valence-electron chi connectivity index (χ3n) is 5.21. The minimum Gasteiger partial charge on any atom is -0.322 e. The van der Waals surface area contributed by atoms with Crippen molar-refractivity contribution in [3.8, 4) is 0 Å². The average Bonchev–Trinajstić information content (AvgIpc) is 3.40. The lowest BCUT2D eigenvalue weighted by Gasteiger charge is -2.13. The molecule has 1 aliphatic carbocycles. The molecule has 31 heavy (non-hydrogen) atoms. The molecule has 1 saturated carbocycles. The smallest absolute Gasteiger partial charge is 0.256 e. The highest BCUT2D eigenvalue weighted by molar-refractivity contribution is 7.89. The first-order valence-corrected chi connectivity index (χ1v) is 12.0. The lowest BCUT2D eigenvalue weighted by atomic mass is 10.0. The zero-order valence-corrected chi connectivity index (χ0v) is 18.9. The highest BCUT2D eigenvalue weighted by Crippen LogP contribution is 2.26. The van der Waals surface area contributed by atoms with Gasteiger partial charge in [0.1, 0.15) is 0 Å². The van der Waals surface area contributed by atoms with E-state index in [1.807, 2.05) is 27.7 Å². The van der Waals surface area contributed by atoms with Crippen LogP contribution in [0.4, 0.5) is 5.69 Å². The molecule has 1 aromatic carbocycles. The average molecular weight is 442 g/mol. The Morgan fingerprint density at radius 1 is 1.16 bits per heavy atom. The molecule has 1 fully saturated rings. The number of amides is 1. The normalized spacial score (nSPS) is 14.5. The number of rotatable bonds is 7. The van der Waals surface area contributed by atoms with Crippen LogP contribution in [0.3, 0.4) is 0 Å². The summed E-state index contributed by atoms with van der Waals surface area (Å²) in [6.07, 6.45) is 3.37. The quantitative estimate of drug-likeness (QED) is 0.580. The fourth-order valence-corrected chi connectivity index (χ4v) is 4.68. The Bertz CT molecular complexity index is 1240. The number of carbonyl (C=O) groups excluding carboxylic acids is 1. The number of sulfonamides is 1. The van der Waals surface area contributed by atoms with Crippen LogP contribution in [0.5, 0.6) is 0 Å². The topological polar surface area (TPSA) is 106 Å². The molecule has 0 aliphatic heterocycles. The van der Waals surface area contributed by atoms with Crippen molar-refractivity contribution in [1.29, 1.82) is 0 Å². The largest absolute Gasteiger partial charge is 0.322 e. The molecule has 4 rings (SSSR count). The lowest BCUT2D eigenvalue weighted by Crippen LogP contribution is -2.25. The third-order valence-corrected chi connectivity index (χ3v) is 6.73. The molecule has 0 unspecified atom stereocenters. The molecule has 0 bridgehead atoms. The summed E-state index contributed by atoms with van der Waals surface area (Å²) in [5.74, 6) is -0.198. The Morgan fingerprint density at radius 3 is 2.55 bits per heavy atom. The number of nitrogens with zero attached hydrogens (tertiary/aromatic N) is 3. The van der Waals surface area contributed by atoms with E-state index < -0.39 is 10.0 Å². The molecule has 164 valence electrons. The van der Waals surface area contributed by atoms with E-state index in [0.717, 1.165) is 18.5 Å². The second-order valence-electron chi connectivity index (χ2n) is 8.55. The van der Waals surface area contributed by atoms with Crippen molar-refractivity contribution in [2.75, 3.05) is 5.32 Å². The van der Waals surface area contributed by atoms with E-state index in [1.54, 1.807) is 29.1 Å². The van der Waals surface area contributed by atoms with Gasteiger partial charge in [-0.15, -0.1) is 0 Å². The van der Waals surface area contributed by atoms with Gasteiger partial charge in [0.05, 0.1) is 22.0 Å². The number of hydrogen-bond acceptors (Lipinski definition) is 5. The summed E-state index contributed by atoms with van der Waals surface area (Å²) >= 11 is 0. The van der Waals surface area contributed by atoms with E-state index in [1.165, 1.54) is 12.1 Å². The summed E-state index contributed by atoms with van der Waals surface area (Å²) in [5.41, 5.74) is 2.34. The molecule has 0 saturated heterocycles. The van der Waals surface area contributed by atoms with Crippen molar-refractivity contribution >= 4 is 32.7 Å². The van der Waals surface area contributed by atoms with Crippen LogP contribution in [0.2, 0.25) is 0 Å². The number of hydrogen-bond donors (Lipinski definition) is 2. The molecule has 1 aliphatic rings. The number of pyridine rings is 1. The zero-order valence-electron chi connectivity index (χ0n) is 18.1. The Balaban J connectivity index is 1.68. The molecule has 0 atom stereocenters. The predicted octanol–water partition coefficient (Wildman–Crippen LogP) is 3.83. The maximum Gasteiger partial charge on any atom is 0.256 e. The summed E-state index contributed by atoms with van der Waals surface area (Å²) in [7, 11) is -3.60. The highest BCUT2D eigenvalue weighted by Gasteiger charge is 2.28. The van der Waals surface area contributed by atoms with Gasteiger partial charge < -0.3 is 5.32 Å². The van der Waals surface area contributed by atoms with Gasteiger partial charge in [-0.05, 0) is 56.9 Å². The van der Waals surface area contributed by atoms with Crippen molar-refractivity contribution < 1.29 is 13.2 Å². The SMILES string of the molecule is CC(C)c1cc(C(=O)Nc2cccc(S(=O)(=O)NC3CC3)c2)c2cnn(C(C)C)c2n1. The van der Waals surface area contributed by atoms with Gasteiger partial charge in [-0.2, -0.15) is 5.10 Å². The fraction of sp³-hybridized carbons (Fsp3) is 0.409.